The van der Waals surface area contributed by atoms with Gasteiger partial charge in [-0.05, 0) is 30.2 Å². The predicted octanol–water partition coefficient (Wildman–Crippen LogP) is 1.35. The van der Waals surface area contributed by atoms with Crippen molar-refractivity contribution in [3.8, 4) is 0 Å². The van der Waals surface area contributed by atoms with Gasteiger partial charge >= 0.3 is 0 Å². The SMILES string of the molecule is O=C(NCCc1cnc[nH]1)c1ccc2c(c1)CCN2. The molecule has 2 heterocycles. The summed E-state index contributed by atoms with van der Waals surface area (Å²) in [6, 6.07) is 5.82. The molecule has 0 fully saturated rings. The Morgan fingerprint density at radius 1 is 1.42 bits per heavy atom. The maximum Gasteiger partial charge on any atom is 0.251 e. The van der Waals surface area contributed by atoms with Crippen LogP contribution in [0.15, 0.2) is 30.7 Å². The van der Waals surface area contributed by atoms with E-state index in [0.29, 0.717) is 6.54 Å². The lowest BCUT2D eigenvalue weighted by atomic mass is 10.1. The maximum atomic E-state index is 12.0. The van der Waals surface area contributed by atoms with Gasteiger partial charge in [0, 0.05) is 42.7 Å². The van der Waals surface area contributed by atoms with Crippen LogP contribution in [-0.4, -0.2) is 29.0 Å². The van der Waals surface area contributed by atoms with Gasteiger partial charge in [-0.1, -0.05) is 0 Å². The lowest BCUT2D eigenvalue weighted by molar-refractivity contribution is 0.0954. The normalized spacial score (nSPS) is 12.8. The lowest BCUT2D eigenvalue weighted by Gasteiger charge is -2.06. The zero-order valence-electron chi connectivity index (χ0n) is 10.6. The number of rotatable bonds is 4. The highest BCUT2D eigenvalue weighted by Gasteiger charge is 2.13. The van der Waals surface area contributed by atoms with Crippen LogP contribution in [0.2, 0.25) is 0 Å². The van der Waals surface area contributed by atoms with Gasteiger partial charge < -0.3 is 15.6 Å². The van der Waals surface area contributed by atoms with Gasteiger partial charge in [0.05, 0.1) is 6.33 Å². The quantitative estimate of drug-likeness (QED) is 0.773. The van der Waals surface area contributed by atoms with Crippen molar-refractivity contribution in [1.29, 1.82) is 0 Å². The van der Waals surface area contributed by atoms with E-state index in [0.717, 1.165) is 36.3 Å². The average molecular weight is 256 g/mol. The summed E-state index contributed by atoms with van der Waals surface area (Å²) in [5, 5.41) is 6.21. The molecule has 1 aliphatic heterocycles. The van der Waals surface area contributed by atoms with E-state index in [1.807, 2.05) is 18.2 Å². The number of amides is 1. The minimum atomic E-state index is -0.0192. The van der Waals surface area contributed by atoms with Gasteiger partial charge in [-0.25, -0.2) is 4.98 Å². The third-order valence-electron chi connectivity index (χ3n) is 3.31. The first-order chi connectivity index (χ1) is 9.33. The second-order valence-corrected chi connectivity index (χ2v) is 4.63. The molecule has 2 aromatic rings. The van der Waals surface area contributed by atoms with Crippen molar-refractivity contribution in [1.82, 2.24) is 15.3 Å². The van der Waals surface area contributed by atoms with E-state index >= 15 is 0 Å². The first-order valence-electron chi connectivity index (χ1n) is 6.45. The molecule has 0 unspecified atom stereocenters. The van der Waals surface area contributed by atoms with Crippen LogP contribution < -0.4 is 10.6 Å². The minimum absolute atomic E-state index is 0.0192. The molecule has 1 aromatic heterocycles. The third-order valence-corrected chi connectivity index (χ3v) is 3.31. The summed E-state index contributed by atoms with van der Waals surface area (Å²) in [4.78, 5) is 19.0. The van der Waals surface area contributed by atoms with E-state index in [-0.39, 0.29) is 5.91 Å². The van der Waals surface area contributed by atoms with Gasteiger partial charge in [-0.15, -0.1) is 0 Å². The van der Waals surface area contributed by atoms with Gasteiger partial charge in [-0.3, -0.25) is 4.79 Å². The molecular weight excluding hydrogens is 240 g/mol. The predicted molar refractivity (Wildman–Crippen MR) is 73.3 cm³/mol. The Labute approximate surface area is 111 Å². The summed E-state index contributed by atoms with van der Waals surface area (Å²) >= 11 is 0. The molecule has 1 amide bonds. The molecule has 1 aliphatic rings. The minimum Gasteiger partial charge on any atom is -0.384 e. The van der Waals surface area contributed by atoms with E-state index in [1.54, 1.807) is 12.5 Å². The van der Waals surface area contributed by atoms with Gasteiger partial charge in [0.25, 0.3) is 5.91 Å². The van der Waals surface area contributed by atoms with Crippen molar-refractivity contribution in [2.45, 2.75) is 12.8 Å². The third kappa shape index (κ3) is 2.59. The second kappa shape index (κ2) is 5.14. The van der Waals surface area contributed by atoms with Crippen molar-refractivity contribution in [3.63, 3.8) is 0 Å². The van der Waals surface area contributed by atoms with Crippen LogP contribution in [-0.2, 0) is 12.8 Å². The summed E-state index contributed by atoms with van der Waals surface area (Å²) in [5.41, 5.74) is 4.13. The van der Waals surface area contributed by atoms with E-state index in [1.165, 1.54) is 5.56 Å². The Kier molecular flexibility index (Phi) is 3.18. The number of imidazole rings is 1. The fourth-order valence-corrected chi connectivity index (χ4v) is 2.28. The van der Waals surface area contributed by atoms with Gasteiger partial charge in [0.1, 0.15) is 0 Å². The van der Waals surface area contributed by atoms with Crippen LogP contribution in [0.3, 0.4) is 0 Å². The Hall–Kier alpha value is -2.30. The smallest absolute Gasteiger partial charge is 0.251 e. The standard InChI is InChI=1S/C14H16N4O/c19-14(17-6-4-12-8-15-9-18-12)11-1-2-13-10(7-11)3-5-16-13/h1-2,7-9,16H,3-6H2,(H,15,18)(H,17,19). The molecule has 0 radical (unpaired) electrons. The first kappa shape index (κ1) is 11.8. The average Bonchev–Trinajstić information content (AvgIpc) is 3.08. The van der Waals surface area contributed by atoms with E-state index in [9.17, 15) is 4.79 Å². The largest absolute Gasteiger partial charge is 0.384 e. The number of anilines is 1. The molecule has 1 aromatic carbocycles. The number of carbonyl (C=O) groups is 1. The number of nitrogens with one attached hydrogen (secondary N) is 3. The topological polar surface area (TPSA) is 69.8 Å². The number of aromatic nitrogens is 2. The summed E-state index contributed by atoms with van der Waals surface area (Å²) in [7, 11) is 0. The molecule has 0 aliphatic carbocycles. The lowest BCUT2D eigenvalue weighted by Crippen LogP contribution is -2.25. The highest BCUT2D eigenvalue weighted by atomic mass is 16.1. The van der Waals surface area contributed by atoms with Crippen molar-refractivity contribution in [3.05, 3.63) is 47.5 Å². The molecule has 3 rings (SSSR count). The fourth-order valence-electron chi connectivity index (χ4n) is 2.28. The van der Waals surface area contributed by atoms with Gasteiger partial charge in [0.2, 0.25) is 0 Å². The number of benzene rings is 1. The number of H-pyrrole nitrogens is 1. The molecule has 0 atom stereocenters. The molecule has 0 saturated carbocycles. The number of nitrogens with zero attached hydrogens (tertiary/aromatic N) is 1. The van der Waals surface area contributed by atoms with E-state index in [4.69, 9.17) is 0 Å². The van der Waals surface area contributed by atoms with Gasteiger partial charge in [-0.2, -0.15) is 0 Å². The van der Waals surface area contributed by atoms with Crippen molar-refractivity contribution < 1.29 is 4.79 Å². The van der Waals surface area contributed by atoms with Crippen molar-refractivity contribution >= 4 is 11.6 Å². The number of carbonyl (C=O) groups excluding carboxylic acids is 1. The molecule has 0 bridgehead atoms. The Balaban J connectivity index is 1.58. The monoisotopic (exact) mass is 256 g/mol. The fraction of sp³-hybridized carbons (Fsp3) is 0.286. The molecule has 5 nitrogen and oxygen atoms in total. The highest BCUT2D eigenvalue weighted by Crippen LogP contribution is 2.22. The summed E-state index contributed by atoms with van der Waals surface area (Å²) in [6.45, 7) is 1.57. The summed E-state index contributed by atoms with van der Waals surface area (Å²) in [5.74, 6) is -0.0192. The number of fused-ring (bicyclic) bond motifs is 1. The zero-order valence-corrected chi connectivity index (χ0v) is 10.6. The zero-order chi connectivity index (χ0) is 13.1. The summed E-state index contributed by atoms with van der Waals surface area (Å²) in [6.07, 6.45) is 5.17. The van der Waals surface area contributed by atoms with Crippen LogP contribution >= 0.6 is 0 Å². The van der Waals surface area contributed by atoms with Crippen LogP contribution in [0, 0.1) is 0 Å². The molecule has 3 N–H and O–H groups in total. The van der Waals surface area contributed by atoms with Crippen LogP contribution in [0.1, 0.15) is 21.6 Å². The molecule has 0 saturated heterocycles. The molecule has 19 heavy (non-hydrogen) atoms. The number of hydrogen-bond donors (Lipinski definition) is 3. The Bertz CT molecular complexity index is 577. The highest BCUT2D eigenvalue weighted by molar-refractivity contribution is 5.95. The second-order valence-electron chi connectivity index (χ2n) is 4.63. The first-order valence-corrected chi connectivity index (χ1v) is 6.45. The van der Waals surface area contributed by atoms with Crippen LogP contribution in [0.4, 0.5) is 5.69 Å². The maximum absolute atomic E-state index is 12.0. The molecule has 98 valence electrons. The van der Waals surface area contributed by atoms with Crippen molar-refractivity contribution in [2.75, 3.05) is 18.4 Å². The van der Waals surface area contributed by atoms with E-state index < -0.39 is 0 Å². The van der Waals surface area contributed by atoms with Crippen molar-refractivity contribution in [2.24, 2.45) is 0 Å². The number of aromatic amines is 1. The van der Waals surface area contributed by atoms with Gasteiger partial charge in [0.15, 0.2) is 0 Å². The number of hydrogen-bond acceptors (Lipinski definition) is 3. The Morgan fingerprint density at radius 3 is 3.21 bits per heavy atom. The Morgan fingerprint density at radius 2 is 2.37 bits per heavy atom. The molecular formula is C14H16N4O. The van der Waals surface area contributed by atoms with Crippen LogP contribution in [0.5, 0.6) is 0 Å². The molecule has 5 heteroatoms. The van der Waals surface area contributed by atoms with E-state index in [2.05, 4.69) is 20.6 Å². The molecule has 0 spiro atoms. The van der Waals surface area contributed by atoms with Crippen LogP contribution in [0.25, 0.3) is 0 Å². The summed E-state index contributed by atoms with van der Waals surface area (Å²) < 4.78 is 0.